The second kappa shape index (κ2) is 24.3. The monoisotopic (exact) mass is 958 g/mol. The van der Waals surface area contributed by atoms with E-state index in [4.69, 9.17) is 73.0 Å². The van der Waals surface area contributed by atoms with Crippen LogP contribution >= 0.6 is 0 Å². The third-order valence-electron chi connectivity index (χ3n) is 7.84. The van der Waals surface area contributed by atoms with Crippen molar-refractivity contribution in [2.45, 2.75) is 43.1 Å². The highest BCUT2D eigenvalue weighted by molar-refractivity contribution is 6.04. The predicted molar refractivity (Wildman–Crippen MR) is 234 cm³/mol. The molecule has 366 valence electrons. The fraction of sp³-hybridized carbons (Fsp3) is 0.226. The third kappa shape index (κ3) is 15.7. The SMILES string of the molecule is NC(=O)C(N)NC(=O)C(N=C(N)N)NC(=O)C(N=C(N)N)NC(=O)C(N=C(N)N)NC(=O)C(N=C(N)N)NC(=O)C(NC(=O)C(O)N=C(N)Nc1ccc(NOO)c2nonc12)c1ccccc1. The van der Waals surface area contributed by atoms with E-state index in [9.17, 15) is 38.7 Å². The Kier molecular flexibility index (Phi) is 18.7. The molecule has 0 spiro atoms. The number of carbonyl (C=O) groups is 7. The number of aliphatic hydroxyl groups is 1. The van der Waals surface area contributed by atoms with E-state index in [1.54, 1.807) is 6.07 Å². The van der Waals surface area contributed by atoms with Crippen LogP contribution in [-0.2, 0) is 38.6 Å². The maximum atomic E-state index is 13.9. The molecule has 7 amide bonds. The minimum absolute atomic E-state index is 0.0419. The molecule has 0 bridgehead atoms. The Hall–Kier alpha value is -9.88. The summed E-state index contributed by atoms with van der Waals surface area (Å²) in [5.41, 5.74) is 62.4. The topological polar surface area (TPSA) is 652 Å². The van der Waals surface area contributed by atoms with Crippen molar-refractivity contribution in [2.75, 3.05) is 10.8 Å². The molecule has 0 radical (unpaired) electrons. The fourth-order valence-corrected chi connectivity index (χ4v) is 5.01. The van der Waals surface area contributed by atoms with Crippen molar-refractivity contribution in [3.8, 4) is 0 Å². The van der Waals surface area contributed by atoms with Gasteiger partial charge in [-0.2, -0.15) is 0 Å². The number of aliphatic hydroxyl groups excluding tert-OH is 1. The number of hydrogen-bond acceptors (Lipinski definition) is 20. The van der Waals surface area contributed by atoms with Gasteiger partial charge in [0.1, 0.15) is 6.04 Å². The summed E-state index contributed by atoms with van der Waals surface area (Å²) >= 11 is 0. The first-order chi connectivity index (χ1) is 32.0. The molecule has 37 heteroatoms. The summed E-state index contributed by atoms with van der Waals surface area (Å²) in [5.74, 6) is -13.2. The van der Waals surface area contributed by atoms with Crippen LogP contribution in [0.5, 0.6) is 0 Å². The van der Waals surface area contributed by atoms with Crippen molar-refractivity contribution >= 4 is 93.6 Å². The number of aromatic nitrogens is 2. The average Bonchev–Trinajstić information content (AvgIpc) is 3.76. The van der Waals surface area contributed by atoms with Gasteiger partial charge in [0, 0.05) is 0 Å². The molecule has 3 rings (SSSR count). The second-order valence-electron chi connectivity index (χ2n) is 12.9. The van der Waals surface area contributed by atoms with Crippen LogP contribution in [0.4, 0.5) is 11.4 Å². The van der Waals surface area contributed by atoms with E-state index in [1.807, 2.05) is 21.3 Å². The van der Waals surface area contributed by atoms with Gasteiger partial charge in [-0.05, 0) is 28.0 Å². The zero-order valence-corrected chi connectivity index (χ0v) is 34.6. The average molecular weight is 959 g/mol. The summed E-state index contributed by atoms with van der Waals surface area (Å²) in [5, 5.41) is 41.6. The molecule has 0 aliphatic rings. The molecule has 32 N–H and O–H groups in total. The van der Waals surface area contributed by atoms with Crippen LogP contribution in [0.3, 0.4) is 0 Å². The minimum atomic E-state index is -2.30. The first kappa shape index (κ1) is 52.5. The number of rotatable bonds is 22. The number of fused-ring (bicyclic) bond motifs is 1. The van der Waals surface area contributed by atoms with Gasteiger partial charge in [-0.25, -0.2) is 40.3 Å². The number of guanidine groups is 5. The number of nitrogens with one attached hydrogen (secondary N) is 8. The largest absolute Gasteiger partial charge is 0.370 e. The number of amides is 7. The van der Waals surface area contributed by atoms with E-state index in [0.717, 1.165) is 0 Å². The van der Waals surface area contributed by atoms with Gasteiger partial charge in [0.05, 0.1) is 11.4 Å². The van der Waals surface area contributed by atoms with Gasteiger partial charge in [0.25, 0.3) is 35.4 Å². The summed E-state index contributed by atoms with van der Waals surface area (Å²) in [6.07, 6.45) is -12.7. The van der Waals surface area contributed by atoms with Crippen LogP contribution in [0.1, 0.15) is 11.6 Å². The zero-order chi connectivity index (χ0) is 50.8. The molecule has 1 aromatic heterocycles. The van der Waals surface area contributed by atoms with Crippen LogP contribution in [-0.4, -0.2) is 129 Å². The lowest BCUT2D eigenvalue weighted by Crippen LogP contribution is -2.60. The van der Waals surface area contributed by atoms with Crippen LogP contribution < -0.4 is 106 Å². The van der Waals surface area contributed by atoms with E-state index in [0.29, 0.717) is 0 Å². The molecule has 3 aromatic rings. The number of hydrogen-bond donors (Lipinski definition) is 21. The van der Waals surface area contributed by atoms with Crippen molar-refractivity contribution in [3.63, 3.8) is 0 Å². The van der Waals surface area contributed by atoms with E-state index in [2.05, 4.69) is 61.7 Å². The summed E-state index contributed by atoms with van der Waals surface area (Å²) < 4.78 is 4.69. The molecular formula is C31H46N26O11. The molecule has 7 atom stereocenters. The van der Waals surface area contributed by atoms with Gasteiger partial charge < -0.3 is 105 Å². The number of carbonyl (C=O) groups excluding carboxylic acids is 7. The lowest BCUT2D eigenvalue weighted by atomic mass is 10.1. The Labute approximate surface area is 379 Å². The molecule has 0 fully saturated rings. The van der Waals surface area contributed by atoms with E-state index < -0.39 is 114 Å². The van der Waals surface area contributed by atoms with Crippen LogP contribution in [0.2, 0.25) is 0 Å². The second-order valence-corrected chi connectivity index (χ2v) is 12.9. The van der Waals surface area contributed by atoms with E-state index in [1.165, 1.54) is 36.4 Å². The smallest absolute Gasteiger partial charge is 0.272 e. The minimum Gasteiger partial charge on any atom is -0.370 e. The molecule has 0 saturated heterocycles. The van der Waals surface area contributed by atoms with Crippen molar-refractivity contribution < 1.29 is 53.5 Å². The maximum absolute atomic E-state index is 13.9. The van der Waals surface area contributed by atoms with Crippen molar-refractivity contribution in [3.05, 3.63) is 48.0 Å². The lowest BCUT2D eigenvalue weighted by Gasteiger charge is -2.24. The Balaban J connectivity index is 1.86. The molecule has 1 heterocycles. The third-order valence-corrected chi connectivity index (χ3v) is 7.84. The highest BCUT2D eigenvalue weighted by atomic mass is 17.2. The Morgan fingerprint density at radius 3 is 1.38 bits per heavy atom. The molecule has 0 saturated carbocycles. The van der Waals surface area contributed by atoms with Gasteiger partial charge in [-0.3, -0.25) is 33.6 Å². The molecular weight excluding hydrogens is 913 g/mol. The van der Waals surface area contributed by atoms with Crippen LogP contribution in [0.25, 0.3) is 11.0 Å². The quantitative estimate of drug-likeness (QED) is 0.0146. The number of benzene rings is 2. The van der Waals surface area contributed by atoms with Gasteiger partial charge in [-0.1, -0.05) is 30.3 Å². The molecule has 0 aliphatic carbocycles. The van der Waals surface area contributed by atoms with Crippen molar-refractivity contribution in [1.29, 1.82) is 0 Å². The van der Waals surface area contributed by atoms with Crippen molar-refractivity contribution in [1.82, 2.24) is 42.2 Å². The Bertz CT molecular complexity index is 2480. The number of nitrogens with two attached hydrogens (primary N) is 11. The lowest BCUT2D eigenvalue weighted by molar-refractivity contribution is -0.215. The summed E-state index contributed by atoms with van der Waals surface area (Å²) in [4.78, 5) is 114. The molecule has 68 heavy (non-hydrogen) atoms. The molecule has 37 nitrogen and oxygen atoms in total. The van der Waals surface area contributed by atoms with Gasteiger partial charge in [-0.15, -0.1) is 4.99 Å². The fourth-order valence-electron chi connectivity index (χ4n) is 5.01. The number of anilines is 2. The predicted octanol–water partition coefficient (Wildman–Crippen LogP) is -11.3. The Morgan fingerprint density at radius 1 is 0.544 bits per heavy atom. The van der Waals surface area contributed by atoms with Gasteiger partial charge in [0.15, 0.2) is 47.0 Å². The van der Waals surface area contributed by atoms with E-state index in [-0.39, 0.29) is 28.0 Å². The maximum Gasteiger partial charge on any atom is 0.272 e. The zero-order valence-electron chi connectivity index (χ0n) is 34.6. The summed E-state index contributed by atoms with van der Waals surface area (Å²) in [6.45, 7) is 0. The van der Waals surface area contributed by atoms with Gasteiger partial charge >= 0.3 is 0 Å². The number of nitrogens with zero attached hydrogens (tertiary/aromatic N) is 7. The molecule has 2 aromatic carbocycles. The molecule has 7 unspecified atom stereocenters. The molecule has 0 aliphatic heterocycles. The van der Waals surface area contributed by atoms with Crippen LogP contribution in [0, 0.1) is 0 Å². The highest BCUT2D eigenvalue weighted by Gasteiger charge is 2.34. The summed E-state index contributed by atoms with van der Waals surface area (Å²) in [6, 6.07) is 8.19. The number of aliphatic imine (C=N–C) groups is 5. The first-order valence-corrected chi connectivity index (χ1v) is 18.4. The highest BCUT2D eigenvalue weighted by Crippen LogP contribution is 2.27. The Morgan fingerprint density at radius 2 is 0.956 bits per heavy atom. The first-order valence-electron chi connectivity index (χ1n) is 18.4. The standard InChI is InChI=1S/C31H46N26O11/c32-14(15(33)58)45-21(60)16(50-27(34)35)47-23(62)18(52-29(38)39)49-24(63)19(53-30(40)41)48-22(61)17(51-28(36)37)46-20(59)11(8-4-2-1-3-5-8)44-25(64)26(65)54-31(42)43-9-6-7-10(55-68-66)13-12(9)56-67-57-13/h1-7,11,14,16-19,26,55,65-66H,32H2,(H2,33,58)(H,44,64)(H,45,60)(H,46,59)(H,47,62)(H,48,61)(H,49,63)(H4,34,35,50)(H4,36,37,51)(H4,38,39,52)(H4,40,41,53)(H3,42,43,54). The van der Waals surface area contributed by atoms with E-state index >= 15 is 0 Å². The van der Waals surface area contributed by atoms with Crippen LogP contribution in [0.15, 0.2) is 72.1 Å². The van der Waals surface area contributed by atoms with Gasteiger partial charge in [0.2, 0.25) is 36.8 Å². The van der Waals surface area contributed by atoms with Crippen molar-refractivity contribution in [2.24, 2.45) is 88.0 Å². The summed E-state index contributed by atoms with van der Waals surface area (Å²) in [7, 11) is 0. The normalized spacial score (nSPS) is 14.0. The number of primary amides is 1.